The Kier molecular flexibility index (Phi) is 11.2. The van der Waals surface area contributed by atoms with Gasteiger partial charge in [-0.15, -0.1) is 0 Å². The average Bonchev–Trinajstić information content (AvgIpc) is 3.11. The van der Waals surface area contributed by atoms with Crippen molar-refractivity contribution in [2.24, 2.45) is 5.10 Å². The molecule has 166 valence electrons. The van der Waals surface area contributed by atoms with Gasteiger partial charge >= 0.3 is 0 Å². The molecule has 1 N–H and O–H groups in total. The van der Waals surface area contributed by atoms with Crippen LogP contribution in [0.4, 0.5) is 0 Å². The molecule has 0 atom stereocenters. The summed E-state index contributed by atoms with van der Waals surface area (Å²) in [5.41, 5.74) is 0.891. The summed E-state index contributed by atoms with van der Waals surface area (Å²) >= 11 is 11.7. The number of nitrogens with zero attached hydrogens (tertiary/aromatic N) is 3. The highest BCUT2D eigenvalue weighted by molar-refractivity contribution is 7.71. The van der Waals surface area contributed by atoms with Gasteiger partial charge in [0.15, 0.2) is 5.82 Å². The van der Waals surface area contributed by atoms with Crippen molar-refractivity contribution in [2.45, 2.75) is 84.5 Å². The molecule has 5 nitrogen and oxygen atoms in total. The van der Waals surface area contributed by atoms with E-state index >= 15 is 0 Å². The third-order valence-corrected chi connectivity index (χ3v) is 5.87. The van der Waals surface area contributed by atoms with E-state index in [1.54, 1.807) is 10.9 Å². The number of aromatic amines is 1. The minimum atomic E-state index is 0.320. The van der Waals surface area contributed by atoms with E-state index in [9.17, 15) is 0 Å². The first kappa shape index (κ1) is 24.6. The molecule has 0 aliphatic heterocycles. The lowest BCUT2D eigenvalue weighted by molar-refractivity contribution is 0.304. The van der Waals surface area contributed by atoms with Gasteiger partial charge < -0.3 is 4.74 Å². The molecule has 0 amide bonds. The maximum atomic E-state index is 6.41. The van der Waals surface area contributed by atoms with Gasteiger partial charge in [-0.1, -0.05) is 70.9 Å². The number of ether oxygens (including phenoxy) is 1. The molecule has 0 aliphatic rings. The third-order valence-electron chi connectivity index (χ3n) is 5.31. The summed E-state index contributed by atoms with van der Waals surface area (Å²) < 4.78 is 8.05. The van der Waals surface area contributed by atoms with Crippen molar-refractivity contribution in [2.75, 3.05) is 6.61 Å². The Balaban J connectivity index is 1.90. The molecule has 0 bridgehead atoms. The summed E-state index contributed by atoms with van der Waals surface area (Å²) in [6.45, 7) is 7.23. The van der Waals surface area contributed by atoms with Crippen LogP contribution in [-0.4, -0.2) is 27.7 Å². The molecule has 0 spiro atoms. The highest BCUT2D eigenvalue weighted by atomic mass is 35.5. The second kappa shape index (κ2) is 13.6. The number of aromatic nitrogens is 3. The van der Waals surface area contributed by atoms with Crippen LogP contribution in [0.15, 0.2) is 23.3 Å². The zero-order chi connectivity index (χ0) is 21.8. The molecular weight excluding hydrogens is 416 g/mol. The fourth-order valence-electron chi connectivity index (χ4n) is 3.41. The molecule has 2 rings (SSSR count). The standard InChI is InChI=1S/C23H35ClN4OS/c1-4-7-8-9-10-11-12-15-29-21-14-13-18(16-20(21)24)17-25-28-22(19(5-2)6-3)26-27-23(28)30/h13-14,16-17,19H,4-12,15H2,1-3H3,(H,27,30)/b25-17-. The van der Waals surface area contributed by atoms with Gasteiger partial charge in [0.25, 0.3) is 0 Å². The summed E-state index contributed by atoms with van der Waals surface area (Å²) in [7, 11) is 0. The average molecular weight is 451 g/mol. The Morgan fingerprint density at radius 2 is 1.83 bits per heavy atom. The van der Waals surface area contributed by atoms with Crippen LogP contribution in [0.1, 0.15) is 95.9 Å². The van der Waals surface area contributed by atoms with Gasteiger partial charge in [-0.05, 0) is 55.2 Å². The number of nitrogens with one attached hydrogen (secondary N) is 1. The van der Waals surface area contributed by atoms with E-state index in [0.29, 0.717) is 22.3 Å². The smallest absolute Gasteiger partial charge is 0.216 e. The molecule has 1 heterocycles. The van der Waals surface area contributed by atoms with Crippen molar-refractivity contribution >= 4 is 30.0 Å². The topological polar surface area (TPSA) is 55.2 Å². The van der Waals surface area contributed by atoms with E-state index in [1.807, 2.05) is 18.2 Å². The lowest BCUT2D eigenvalue weighted by atomic mass is 10.0. The monoisotopic (exact) mass is 450 g/mol. The molecule has 0 fully saturated rings. The van der Waals surface area contributed by atoms with Crippen molar-refractivity contribution in [3.05, 3.63) is 39.4 Å². The van der Waals surface area contributed by atoms with E-state index in [4.69, 9.17) is 28.6 Å². The largest absolute Gasteiger partial charge is 0.492 e. The summed E-state index contributed by atoms with van der Waals surface area (Å²) in [5.74, 6) is 1.90. The highest BCUT2D eigenvalue weighted by Crippen LogP contribution is 2.26. The Bertz CT molecular complexity index is 842. The first-order valence-electron chi connectivity index (χ1n) is 11.2. The number of rotatable bonds is 14. The summed E-state index contributed by atoms with van der Waals surface area (Å²) in [4.78, 5) is 0. The SMILES string of the molecule is CCCCCCCCCOc1ccc(/C=N\n2c(C(CC)CC)n[nH]c2=S)cc1Cl. The molecule has 1 aromatic carbocycles. The van der Waals surface area contributed by atoms with E-state index in [0.717, 1.165) is 36.4 Å². The number of hydrogen-bond donors (Lipinski definition) is 1. The number of halogens is 1. The number of unbranched alkanes of at least 4 members (excludes halogenated alkanes) is 6. The van der Waals surface area contributed by atoms with Crippen molar-refractivity contribution in [3.8, 4) is 5.75 Å². The summed E-state index contributed by atoms with van der Waals surface area (Å²) in [5, 5.41) is 12.3. The molecule has 0 radical (unpaired) electrons. The number of H-pyrrole nitrogens is 1. The predicted molar refractivity (Wildman–Crippen MR) is 129 cm³/mol. The Morgan fingerprint density at radius 1 is 1.13 bits per heavy atom. The van der Waals surface area contributed by atoms with Crippen LogP contribution in [0.2, 0.25) is 5.02 Å². The van der Waals surface area contributed by atoms with Crippen LogP contribution in [0.3, 0.4) is 0 Å². The maximum absolute atomic E-state index is 6.41. The van der Waals surface area contributed by atoms with Crippen molar-refractivity contribution in [1.82, 2.24) is 14.9 Å². The Morgan fingerprint density at radius 3 is 2.50 bits per heavy atom. The second-order valence-electron chi connectivity index (χ2n) is 7.62. The fraction of sp³-hybridized carbons (Fsp3) is 0.609. The normalized spacial score (nSPS) is 11.6. The van der Waals surface area contributed by atoms with Crippen LogP contribution in [0, 0.1) is 4.77 Å². The van der Waals surface area contributed by atoms with Crippen molar-refractivity contribution in [1.29, 1.82) is 0 Å². The molecule has 0 unspecified atom stereocenters. The van der Waals surface area contributed by atoms with Gasteiger partial charge in [-0.3, -0.25) is 5.10 Å². The highest BCUT2D eigenvalue weighted by Gasteiger charge is 2.15. The van der Waals surface area contributed by atoms with Crippen LogP contribution in [-0.2, 0) is 0 Å². The van der Waals surface area contributed by atoms with Crippen LogP contribution >= 0.6 is 23.8 Å². The zero-order valence-corrected chi connectivity index (χ0v) is 20.1. The van der Waals surface area contributed by atoms with E-state index in [1.165, 1.54) is 38.5 Å². The summed E-state index contributed by atoms with van der Waals surface area (Å²) in [6.07, 6.45) is 12.6. The first-order chi connectivity index (χ1) is 14.6. The van der Waals surface area contributed by atoms with Gasteiger partial charge in [0.1, 0.15) is 5.75 Å². The minimum absolute atomic E-state index is 0.320. The molecular formula is C23H35ClN4OS. The Hall–Kier alpha value is -1.66. The zero-order valence-electron chi connectivity index (χ0n) is 18.5. The maximum Gasteiger partial charge on any atom is 0.216 e. The lowest BCUT2D eigenvalue weighted by Crippen LogP contribution is -2.05. The molecule has 7 heteroatoms. The quantitative estimate of drug-likeness (QED) is 0.184. The van der Waals surface area contributed by atoms with Gasteiger partial charge in [0.2, 0.25) is 4.77 Å². The minimum Gasteiger partial charge on any atom is -0.492 e. The van der Waals surface area contributed by atoms with Gasteiger partial charge in [0.05, 0.1) is 17.8 Å². The number of benzene rings is 1. The predicted octanol–water partition coefficient (Wildman–Crippen LogP) is 7.51. The van der Waals surface area contributed by atoms with Crippen LogP contribution in [0.5, 0.6) is 5.75 Å². The molecule has 30 heavy (non-hydrogen) atoms. The molecule has 1 aromatic heterocycles. The first-order valence-corrected chi connectivity index (χ1v) is 12.0. The fourth-order valence-corrected chi connectivity index (χ4v) is 3.84. The van der Waals surface area contributed by atoms with Crippen LogP contribution < -0.4 is 4.74 Å². The van der Waals surface area contributed by atoms with Gasteiger partial charge in [-0.25, -0.2) is 0 Å². The van der Waals surface area contributed by atoms with Crippen molar-refractivity contribution in [3.63, 3.8) is 0 Å². The van der Waals surface area contributed by atoms with E-state index in [-0.39, 0.29) is 0 Å². The van der Waals surface area contributed by atoms with Crippen LogP contribution in [0.25, 0.3) is 0 Å². The summed E-state index contributed by atoms with van der Waals surface area (Å²) in [6, 6.07) is 5.73. The molecule has 2 aromatic rings. The lowest BCUT2D eigenvalue weighted by Gasteiger charge is -2.10. The molecule has 0 saturated heterocycles. The van der Waals surface area contributed by atoms with E-state index in [2.05, 4.69) is 36.1 Å². The second-order valence-corrected chi connectivity index (χ2v) is 8.41. The molecule has 0 aliphatic carbocycles. The van der Waals surface area contributed by atoms with Crippen molar-refractivity contribution < 1.29 is 4.74 Å². The van der Waals surface area contributed by atoms with Gasteiger partial charge in [0, 0.05) is 5.92 Å². The number of hydrogen-bond acceptors (Lipinski definition) is 4. The van der Waals surface area contributed by atoms with Gasteiger partial charge in [-0.2, -0.15) is 14.9 Å². The van der Waals surface area contributed by atoms with E-state index < -0.39 is 0 Å². The third kappa shape index (κ3) is 7.55. The molecule has 0 saturated carbocycles. The Labute approximate surface area is 190 Å².